The number of nitrogens with one attached hydrogen (secondary N) is 5. The van der Waals surface area contributed by atoms with E-state index >= 15 is 4.39 Å². The molecule has 77 heavy (non-hydrogen) atoms. The highest BCUT2D eigenvalue weighted by Crippen LogP contribution is 2.37. The Balaban J connectivity index is 0.893. The van der Waals surface area contributed by atoms with Gasteiger partial charge in [-0.05, 0) is 87.0 Å². The van der Waals surface area contributed by atoms with Gasteiger partial charge in [-0.2, -0.15) is 13.2 Å². The van der Waals surface area contributed by atoms with E-state index in [-0.39, 0.29) is 72.8 Å². The molecule has 0 aliphatic carbocycles. The van der Waals surface area contributed by atoms with Crippen molar-refractivity contribution in [2.75, 3.05) is 43.4 Å². The minimum atomic E-state index is -5.00. The second-order valence-corrected chi connectivity index (χ2v) is 22.0. The number of likely N-dealkylation sites (N-methyl/N-ethyl adjacent to an activating group) is 1. The molecule has 5 amide bonds. The number of carbonyl (C=O) groups excluding carboxylic acids is 5. The lowest BCUT2D eigenvalue weighted by Gasteiger charge is -2.44. The molecule has 2 saturated heterocycles. The lowest BCUT2D eigenvalue weighted by atomic mass is 9.85. The Bertz CT molecular complexity index is 3000. The zero-order chi connectivity index (χ0) is 55.9. The molecule has 0 bridgehead atoms. The molecule has 5 aromatic rings. The van der Waals surface area contributed by atoms with Crippen LogP contribution in [-0.2, 0) is 27.1 Å². The van der Waals surface area contributed by atoms with Crippen LogP contribution in [0.15, 0.2) is 83.2 Å². The predicted octanol–water partition coefficient (Wildman–Crippen LogP) is 7.90. The summed E-state index contributed by atoms with van der Waals surface area (Å²) in [6.45, 7) is 13.0. The Hall–Kier alpha value is -6.97. The van der Waals surface area contributed by atoms with E-state index < -0.39 is 75.9 Å². The number of carbonyl (C=O) groups is 5. The summed E-state index contributed by atoms with van der Waals surface area (Å²) in [4.78, 5) is 92.4. The number of thiazole rings is 1. The zero-order valence-corrected chi connectivity index (χ0v) is 45.1. The fourth-order valence-corrected chi connectivity index (χ4v) is 10.5. The third-order valence-corrected chi connectivity index (χ3v) is 15.3. The van der Waals surface area contributed by atoms with E-state index in [1.54, 1.807) is 29.0 Å². The second-order valence-electron chi connectivity index (χ2n) is 21.1. The maximum atomic E-state index is 15.9. The molecule has 2 aliphatic rings. The van der Waals surface area contributed by atoms with E-state index in [1.165, 1.54) is 23.1 Å². The number of pyridine rings is 1. The van der Waals surface area contributed by atoms with Gasteiger partial charge in [-0.1, -0.05) is 70.0 Å². The Morgan fingerprint density at radius 1 is 0.870 bits per heavy atom. The molecule has 4 heterocycles. The number of hydrogen-bond donors (Lipinski definition) is 6. The molecule has 0 saturated carbocycles. The van der Waals surface area contributed by atoms with E-state index in [9.17, 15) is 47.0 Å². The average molecular weight is 1090 g/mol. The summed E-state index contributed by atoms with van der Waals surface area (Å²) >= 11 is 1.55. The van der Waals surface area contributed by atoms with Crippen LogP contribution >= 0.6 is 11.3 Å². The number of benzene rings is 3. The van der Waals surface area contributed by atoms with E-state index in [0.29, 0.717) is 56.7 Å². The van der Waals surface area contributed by atoms with Gasteiger partial charge in [0.15, 0.2) is 0 Å². The van der Waals surface area contributed by atoms with Gasteiger partial charge in [0.05, 0.1) is 44.7 Å². The number of nitrogens with zero attached hydrogens (tertiary/aromatic N) is 4. The van der Waals surface area contributed by atoms with Gasteiger partial charge in [0.1, 0.15) is 17.9 Å². The van der Waals surface area contributed by atoms with Crippen molar-refractivity contribution in [1.82, 2.24) is 35.7 Å². The van der Waals surface area contributed by atoms with Crippen LogP contribution in [-0.4, -0.2) is 118 Å². The van der Waals surface area contributed by atoms with Crippen LogP contribution in [0.5, 0.6) is 0 Å². The van der Waals surface area contributed by atoms with Crippen LogP contribution in [0.4, 0.5) is 28.9 Å². The molecule has 6 N–H and O–H groups in total. The standard InChI is InChI=1S/C56H67F4N9O7S/c1-32-28-68(29-33(2)67(32)7)45-20-18-37(23-44(45)65-52(74)41-27-62-48(72)25-42(41)56(58,59)60)40-19-17-38(22-43(40)57)51(73)61-21-11-9-8-10-12-47(71)66-50(55(4,5)6)54(76)69-30-39(70)24-46(69)53(75)63-26-35-13-15-36(16-14-35)49-34(3)64-31-77-49/h13-20,22-23,25,27,31-33,39,46,50,70H,8-12,21,24,26,28-30H2,1-7H3,(H,61,73)(H,62,72)(H,63,75)(H,65,74)(H,66,71)/t32-,33+,39-,46+,50?/m1/s1. The number of aromatic amines is 1. The third kappa shape index (κ3) is 14.3. The van der Waals surface area contributed by atoms with Crippen molar-refractivity contribution < 1.29 is 46.6 Å². The van der Waals surface area contributed by atoms with Crippen LogP contribution in [0, 0.1) is 18.2 Å². The highest BCUT2D eigenvalue weighted by atomic mass is 32.1. The van der Waals surface area contributed by atoms with Crippen molar-refractivity contribution in [3.05, 3.63) is 123 Å². The molecule has 412 valence electrons. The molecule has 1 unspecified atom stereocenters. The van der Waals surface area contributed by atoms with Crippen molar-refractivity contribution in [3.63, 3.8) is 0 Å². The van der Waals surface area contributed by atoms with Gasteiger partial charge in [0.2, 0.25) is 23.3 Å². The number of piperazine rings is 1. The first-order valence-corrected chi connectivity index (χ1v) is 26.6. The number of unbranched alkanes of at least 4 members (excludes halogenated alkanes) is 3. The number of rotatable bonds is 18. The number of likely N-dealkylation sites (tertiary alicyclic amines) is 1. The van der Waals surface area contributed by atoms with Crippen LogP contribution in [0.2, 0.25) is 0 Å². The van der Waals surface area contributed by atoms with Gasteiger partial charge in [-0.25, -0.2) is 9.37 Å². The largest absolute Gasteiger partial charge is 0.417 e. The summed E-state index contributed by atoms with van der Waals surface area (Å²) in [5, 5.41) is 21.8. The van der Waals surface area contributed by atoms with E-state index in [2.05, 4.69) is 36.1 Å². The maximum absolute atomic E-state index is 15.9. The first-order valence-electron chi connectivity index (χ1n) is 25.7. The fraction of sp³-hybridized carbons (Fsp3) is 0.446. The van der Waals surface area contributed by atoms with Gasteiger partial charge in [0, 0.05) is 81.0 Å². The van der Waals surface area contributed by atoms with Gasteiger partial charge in [-0.15, -0.1) is 11.3 Å². The highest BCUT2D eigenvalue weighted by Gasteiger charge is 2.44. The number of aliphatic hydroxyl groups is 1. The number of halogens is 4. The molecule has 0 radical (unpaired) electrons. The number of amides is 5. The quantitative estimate of drug-likeness (QED) is 0.0369. The minimum absolute atomic E-state index is 0.0443. The number of H-pyrrole nitrogens is 1. The first kappa shape index (κ1) is 57.7. The Morgan fingerprint density at radius 3 is 2.21 bits per heavy atom. The topological polar surface area (TPSA) is 209 Å². The van der Waals surface area contributed by atoms with E-state index in [1.807, 2.05) is 77.8 Å². The molecule has 16 nitrogen and oxygen atoms in total. The zero-order valence-electron chi connectivity index (χ0n) is 44.3. The maximum Gasteiger partial charge on any atom is 0.417 e. The van der Waals surface area contributed by atoms with Crippen molar-refractivity contribution in [2.24, 2.45) is 5.41 Å². The molecular weight excluding hydrogens is 1020 g/mol. The number of alkyl halides is 3. The lowest BCUT2D eigenvalue weighted by Crippen LogP contribution is -2.57. The first-order chi connectivity index (χ1) is 36.4. The molecule has 2 aliphatic heterocycles. The highest BCUT2D eigenvalue weighted by molar-refractivity contribution is 7.13. The molecule has 2 fully saturated rings. The number of aromatic nitrogens is 2. The van der Waals surface area contributed by atoms with E-state index in [0.717, 1.165) is 27.8 Å². The third-order valence-electron chi connectivity index (χ3n) is 14.3. The smallest absolute Gasteiger partial charge is 0.391 e. The molecule has 7 rings (SSSR count). The summed E-state index contributed by atoms with van der Waals surface area (Å²) < 4.78 is 57.8. The number of β-amino-alcohol motifs (C(OH)–C–C–N with tert-alkyl or cyclic N) is 1. The average Bonchev–Trinajstić information content (AvgIpc) is 4.00. The van der Waals surface area contributed by atoms with Crippen molar-refractivity contribution in [3.8, 4) is 21.6 Å². The van der Waals surface area contributed by atoms with Crippen molar-refractivity contribution in [1.29, 1.82) is 0 Å². The summed E-state index contributed by atoms with van der Waals surface area (Å²) in [6.07, 6.45) is -2.65. The normalized spacial score (nSPS) is 18.4. The summed E-state index contributed by atoms with van der Waals surface area (Å²) in [7, 11) is 1.99. The second kappa shape index (κ2) is 24.6. The molecule has 5 atom stereocenters. The van der Waals surface area contributed by atoms with Crippen molar-refractivity contribution in [2.45, 2.75) is 123 Å². The Morgan fingerprint density at radius 2 is 1.56 bits per heavy atom. The SMILES string of the molecule is Cc1ncsc1-c1ccc(CNC(=O)[C@@H]2C[C@@H](O)CN2C(=O)C(NC(=O)CCCCCCNC(=O)c2ccc(-c3ccc(N4C[C@@H](C)N(C)[C@@H](C)C4)c(NC(=O)c4c[nH]c(=O)cc4C(F)(F)F)c3)c(F)c2)C(C)(C)C)cc1. The Kier molecular flexibility index (Phi) is 18.4. The summed E-state index contributed by atoms with van der Waals surface area (Å²) in [5.41, 5.74) is 1.71. The fourth-order valence-electron chi connectivity index (χ4n) is 9.74. The summed E-state index contributed by atoms with van der Waals surface area (Å²) in [5.74, 6) is -3.59. The van der Waals surface area contributed by atoms with Gasteiger partial charge < -0.3 is 41.2 Å². The van der Waals surface area contributed by atoms with Crippen LogP contribution in [0.1, 0.15) is 111 Å². The molecule has 3 aromatic carbocycles. The predicted molar refractivity (Wildman–Crippen MR) is 288 cm³/mol. The summed E-state index contributed by atoms with van der Waals surface area (Å²) in [6, 6.07) is 15.1. The number of aliphatic hydroxyl groups excluding tert-OH is 1. The minimum Gasteiger partial charge on any atom is -0.391 e. The van der Waals surface area contributed by atoms with Gasteiger partial charge in [-0.3, -0.25) is 33.7 Å². The van der Waals surface area contributed by atoms with Crippen LogP contribution < -0.4 is 31.7 Å². The van der Waals surface area contributed by atoms with E-state index in [4.69, 9.17) is 0 Å². The molecular formula is C56H67F4N9O7S. The Labute approximate surface area is 449 Å². The van der Waals surface area contributed by atoms with Crippen molar-refractivity contribution >= 4 is 52.2 Å². The molecule has 2 aromatic heterocycles. The van der Waals surface area contributed by atoms with Gasteiger partial charge in [0.25, 0.3) is 11.8 Å². The van der Waals surface area contributed by atoms with Crippen LogP contribution in [0.3, 0.4) is 0 Å². The molecule has 21 heteroatoms. The number of hydrogen-bond acceptors (Lipinski definition) is 11. The van der Waals surface area contributed by atoms with Gasteiger partial charge >= 0.3 is 6.18 Å². The number of aryl methyl sites for hydroxylation is 1. The monoisotopic (exact) mass is 1090 g/mol. The lowest BCUT2D eigenvalue weighted by molar-refractivity contribution is -0.144. The van der Waals surface area contributed by atoms with Crippen LogP contribution in [0.25, 0.3) is 21.6 Å². The molecule has 0 spiro atoms. The number of anilines is 2.